The highest BCUT2D eigenvalue weighted by molar-refractivity contribution is 5.99. The first kappa shape index (κ1) is 15.6. The van der Waals surface area contributed by atoms with Gasteiger partial charge in [-0.2, -0.15) is 0 Å². The van der Waals surface area contributed by atoms with Gasteiger partial charge in [0.1, 0.15) is 5.75 Å². The number of hydrogen-bond acceptors (Lipinski definition) is 3. The maximum atomic E-state index is 11.9. The van der Waals surface area contributed by atoms with Crippen LogP contribution in [0.4, 0.5) is 5.69 Å². The number of hydrogen-bond donors (Lipinski definition) is 2. The van der Waals surface area contributed by atoms with E-state index in [2.05, 4.69) is 10.6 Å². The molecule has 0 radical (unpaired) electrons. The fraction of sp³-hybridized carbons (Fsp3) is 0.176. The van der Waals surface area contributed by atoms with Crippen LogP contribution in [-0.2, 0) is 4.79 Å². The van der Waals surface area contributed by atoms with Crippen LogP contribution in [0.2, 0.25) is 0 Å². The highest BCUT2D eigenvalue weighted by Crippen LogP contribution is 2.11. The summed E-state index contributed by atoms with van der Waals surface area (Å²) in [5, 5.41) is 5.28. The number of benzene rings is 2. The van der Waals surface area contributed by atoms with Gasteiger partial charge in [0.25, 0.3) is 5.91 Å². The van der Waals surface area contributed by atoms with Gasteiger partial charge in [0.05, 0.1) is 13.2 Å². The predicted octanol–water partition coefficient (Wildman–Crippen LogP) is 2.45. The molecule has 22 heavy (non-hydrogen) atoms. The van der Waals surface area contributed by atoms with Crippen LogP contribution in [0.5, 0.6) is 5.75 Å². The van der Waals surface area contributed by atoms with Crippen LogP contribution in [0.1, 0.15) is 17.3 Å². The summed E-state index contributed by atoms with van der Waals surface area (Å²) < 4.78 is 5.31. The molecular weight excluding hydrogens is 280 g/mol. The van der Waals surface area contributed by atoms with Crippen molar-refractivity contribution in [2.45, 2.75) is 6.92 Å². The highest BCUT2D eigenvalue weighted by atomic mass is 16.5. The monoisotopic (exact) mass is 298 g/mol. The van der Waals surface area contributed by atoms with Gasteiger partial charge in [-0.15, -0.1) is 0 Å². The van der Waals surface area contributed by atoms with Gasteiger partial charge < -0.3 is 15.4 Å². The molecule has 0 aliphatic carbocycles. The van der Waals surface area contributed by atoms with Crippen molar-refractivity contribution in [3.05, 3.63) is 60.2 Å². The minimum absolute atomic E-state index is 0.0824. The Morgan fingerprint density at radius 3 is 2.32 bits per heavy atom. The summed E-state index contributed by atoms with van der Waals surface area (Å²) in [5.41, 5.74) is 1.18. The molecule has 0 aliphatic heterocycles. The fourth-order valence-corrected chi connectivity index (χ4v) is 1.86. The summed E-state index contributed by atoms with van der Waals surface area (Å²) in [6, 6.07) is 15.9. The first-order valence-corrected chi connectivity index (χ1v) is 7.05. The molecule has 0 atom stereocenters. The molecule has 0 spiro atoms. The molecule has 5 heteroatoms. The predicted molar refractivity (Wildman–Crippen MR) is 85.0 cm³/mol. The van der Waals surface area contributed by atoms with Crippen molar-refractivity contribution in [2.24, 2.45) is 0 Å². The van der Waals surface area contributed by atoms with E-state index in [0.717, 1.165) is 0 Å². The average molecular weight is 298 g/mol. The minimum atomic E-state index is -0.300. The second-order valence-electron chi connectivity index (χ2n) is 4.55. The van der Waals surface area contributed by atoms with E-state index in [-0.39, 0.29) is 18.4 Å². The van der Waals surface area contributed by atoms with Crippen LogP contribution in [0.15, 0.2) is 54.6 Å². The van der Waals surface area contributed by atoms with Gasteiger partial charge in [0, 0.05) is 11.3 Å². The number of rotatable bonds is 6. The van der Waals surface area contributed by atoms with E-state index in [1.165, 1.54) is 0 Å². The van der Waals surface area contributed by atoms with Crippen molar-refractivity contribution >= 4 is 17.5 Å². The number of amides is 2. The van der Waals surface area contributed by atoms with Crippen LogP contribution in [0, 0.1) is 0 Å². The number of carbonyl (C=O) groups excluding carboxylic acids is 2. The quantitative estimate of drug-likeness (QED) is 0.861. The molecule has 0 heterocycles. The second kappa shape index (κ2) is 7.83. The van der Waals surface area contributed by atoms with Gasteiger partial charge in [-0.25, -0.2) is 0 Å². The SMILES string of the molecule is CCOc1ccc(C(=O)NCC(=O)Nc2ccccc2)cc1. The summed E-state index contributed by atoms with van der Waals surface area (Å²) in [5.74, 6) is 0.137. The first-order chi connectivity index (χ1) is 10.7. The molecule has 2 aromatic carbocycles. The molecule has 2 N–H and O–H groups in total. The van der Waals surface area contributed by atoms with Gasteiger partial charge in [0.2, 0.25) is 5.91 Å². The molecule has 2 rings (SSSR count). The molecule has 5 nitrogen and oxygen atoms in total. The molecule has 0 saturated carbocycles. The normalized spacial score (nSPS) is 9.86. The maximum absolute atomic E-state index is 11.9. The molecule has 0 aliphatic rings. The van der Waals surface area contributed by atoms with Crippen molar-refractivity contribution in [2.75, 3.05) is 18.5 Å². The van der Waals surface area contributed by atoms with Crippen molar-refractivity contribution in [1.82, 2.24) is 5.32 Å². The molecule has 2 aromatic rings. The van der Waals surface area contributed by atoms with Crippen LogP contribution < -0.4 is 15.4 Å². The molecule has 2 amide bonds. The molecule has 0 aromatic heterocycles. The summed E-state index contributed by atoms with van der Waals surface area (Å²) >= 11 is 0. The number of nitrogens with one attached hydrogen (secondary N) is 2. The molecular formula is C17H18N2O3. The molecule has 0 fully saturated rings. The van der Waals surface area contributed by atoms with Gasteiger partial charge in [0.15, 0.2) is 0 Å². The largest absolute Gasteiger partial charge is 0.494 e. The fourth-order valence-electron chi connectivity index (χ4n) is 1.86. The lowest BCUT2D eigenvalue weighted by Crippen LogP contribution is -2.32. The number of ether oxygens (including phenoxy) is 1. The number of carbonyl (C=O) groups is 2. The Kier molecular flexibility index (Phi) is 5.54. The third-order valence-corrected chi connectivity index (χ3v) is 2.89. The Bertz CT molecular complexity index is 624. The average Bonchev–Trinajstić information content (AvgIpc) is 2.54. The van der Waals surface area contributed by atoms with Crippen molar-refractivity contribution in [3.8, 4) is 5.75 Å². The van der Waals surface area contributed by atoms with E-state index in [4.69, 9.17) is 4.74 Å². The molecule has 114 valence electrons. The number of anilines is 1. The van der Waals surface area contributed by atoms with E-state index < -0.39 is 0 Å². The van der Waals surface area contributed by atoms with E-state index in [9.17, 15) is 9.59 Å². The maximum Gasteiger partial charge on any atom is 0.251 e. The van der Waals surface area contributed by atoms with E-state index in [1.807, 2.05) is 25.1 Å². The van der Waals surface area contributed by atoms with Crippen molar-refractivity contribution in [3.63, 3.8) is 0 Å². The zero-order chi connectivity index (χ0) is 15.8. The van der Waals surface area contributed by atoms with Gasteiger partial charge in [-0.05, 0) is 43.3 Å². The summed E-state index contributed by atoms with van der Waals surface area (Å²) in [6.07, 6.45) is 0. The Hall–Kier alpha value is -2.82. The summed E-state index contributed by atoms with van der Waals surface area (Å²) in [4.78, 5) is 23.7. The Morgan fingerprint density at radius 2 is 1.68 bits per heavy atom. The third kappa shape index (κ3) is 4.63. The lowest BCUT2D eigenvalue weighted by atomic mass is 10.2. The molecule has 0 unspecified atom stereocenters. The van der Waals surface area contributed by atoms with Gasteiger partial charge in [-0.3, -0.25) is 9.59 Å². The van der Waals surface area contributed by atoms with E-state index in [0.29, 0.717) is 23.6 Å². The van der Waals surface area contributed by atoms with Crippen LogP contribution >= 0.6 is 0 Å². The van der Waals surface area contributed by atoms with Crippen LogP contribution in [0.25, 0.3) is 0 Å². The Labute approximate surface area is 129 Å². The highest BCUT2D eigenvalue weighted by Gasteiger charge is 2.08. The second-order valence-corrected chi connectivity index (χ2v) is 4.55. The lowest BCUT2D eigenvalue weighted by Gasteiger charge is -2.07. The van der Waals surface area contributed by atoms with Gasteiger partial charge >= 0.3 is 0 Å². The van der Waals surface area contributed by atoms with Gasteiger partial charge in [-0.1, -0.05) is 18.2 Å². The third-order valence-electron chi connectivity index (χ3n) is 2.89. The van der Waals surface area contributed by atoms with Crippen molar-refractivity contribution in [1.29, 1.82) is 0 Å². The summed E-state index contributed by atoms with van der Waals surface area (Å²) in [7, 11) is 0. The first-order valence-electron chi connectivity index (χ1n) is 7.05. The Morgan fingerprint density at radius 1 is 1.00 bits per heavy atom. The lowest BCUT2D eigenvalue weighted by molar-refractivity contribution is -0.115. The van der Waals surface area contributed by atoms with Crippen LogP contribution in [-0.4, -0.2) is 25.0 Å². The smallest absolute Gasteiger partial charge is 0.251 e. The number of para-hydroxylation sites is 1. The van der Waals surface area contributed by atoms with Crippen molar-refractivity contribution < 1.29 is 14.3 Å². The van der Waals surface area contributed by atoms with Crippen LogP contribution in [0.3, 0.4) is 0 Å². The van der Waals surface area contributed by atoms with E-state index >= 15 is 0 Å². The Balaban J connectivity index is 1.83. The molecule has 0 saturated heterocycles. The minimum Gasteiger partial charge on any atom is -0.494 e. The zero-order valence-electron chi connectivity index (χ0n) is 12.3. The molecule has 0 bridgehead atoms. The van der Waals surface area contributed by atoms with E-state index in [1.54, 1.807) is 36.4 Å². The topological polar surface area (TPSA) is 67.4 Å². The summed E-state index contributed by atoms with van der Waals surface area (Å²) in [6.45, 7) is 2.39. The standard InChI is InChI=1S/C17H18N2O3/c1-2-22-15-10-8-13(9-11-15)17(21)18-12-16(20)19-14-6-4-3-5-7-14/h3-11H,2,12H2,1H3,(H,18,21)(H,19,20). The zero-order valence-corrected chi connectivity index (χ0v) is 12.3.